The average molecular weight is 447 g/mol. The molecule has 0 aliphatic carbocycles. The van der Waals surface area contributed by atoms with Crippen LogP contribution in [-0.2, 0) is 5.75 Å². The third-order valence-corrected chi connectivity index (χ3v) is 6.32. The van der Waals surface area contributed by atoms with Gasteiger partial charge < -0.3 is 0 Å². The molecule has 0 aliphatic heterocycles. The summed E-state index contributed by atoms with van der Waals surface area (Å²) in [5, 5.41) is 3.56. The summed E-state index contributed by atoms with van der Waals surface area (Å²) in [7, 11) is 0. The lowest BCUT2D eigenvalue weighted by atomic mass is 10.1. The van der Waals surface area contributed by atoms with E-state index in [4.69, 9.17) is 11.6 Å². The van der Waals surface area contributed by atoms with Crippen molar-refractivity contribution in [1.82, 2.24) is 4.98 Å². The van der Waals surface area contributed by atoms with Crippen LogP contribution in [0.15, 0.2) is 65.6 Å². The Hall–Kier alpha value is -2.48. The number of benzene rings is 3. The molecule has 0 atom stereocenters. The van der Waals surface area contributed by atoms with Crippen molar-refractivity contribution in [3.63, 3.8) is 0 Å². The molecular formula is C21H13ClF2N2OS2. The van der Waals surface area contributed by atoms with Gasteiger partial charge in [0.15, 0.2) is 10.9 Å². The molecule has 8 heteroatoms. The normalized spacial score (nSPS) is 11.0. The number of aromatic nitrogens is 1. The van der Waals surface area contributed by atoms with Gasteiger partial charge in [-0.15, -0.1) is 11.8 Å². The van der Waals surface area contributed by atoms with Gasteiger partial charge in [0.2, 0.25) is 0 Å². The van der Waals surface area contributed by atoms with E-state index in [0.717, 1.165) is 33.6 Å². The van der Waals surface area contributed by atoms with Gasteiger partial charge in [-0.1, -0.05) is 35.1 Å². The van der Waals surface area contributed by atoms with Gasteiger partial charge in [0.1, 0.15) is 11.3 Å². The number of hydrogen-bond donors (Lipinski definition) is 1. The van der Waals surface area contributed by atoms with Gasteiger partial charge >= 0.3 is 0 Å². The van der Waals surface area contributed by atoms with E-state index in [1.165, 1.54) is 6.07 Å². The number of amides is 1. The van der Waals surface area contributed by atoms with Gasteiger partial charge in [-0.3, -0.25) is 10.1 Å². The van der Waals surface area contributed by atoms with Gasteiger partial charge in [0.25, 0.3) is 5.91 Å². The van der Waals surface area contributed by atoms with Crippen LogP contribution in [0.3, 0.4) is 0 Å². The minimum atomic E-state index is -0.751. The van der Waals surface area contributed by atoms with E-state index in [0.29, 0.717) is 15.3 Å². The first-order chi connectivity index (χ1) is 14.0. The molecule has 0 unspecified atom stereocenters. The summed E-state index contributed by atoms with van der Waals surface area (Å²) >= 11 is 8.58. The SMILES string of the molecule is O=C(Nc1nc2c(F)cc(F)cc2s1)c1ccc(CSc2ccc(Cl)cc2)cc1. The van der Waals surface area contributed by atoms with Gasteiger partial charge in [-0.25, -0.2) is 13.8 Å². The minimum Gasteiger partial charge on any atom is -0.298 e. The fourth-order valence-electron chi connectivity index (χ4n) is 2.63. The molecule has 0 saturated heterocycles. The third kappa shape index (κ3) is 4.75. The van der Waals surface area contributed by atoms with Crippen LogP contribution in [0.1, 0.15) is 15.9 Å². The smallest absolute Gasteiger partial charge is 0.257 e. The van der Waals surface area contributed by atoms with Crippen molar-refractivity contribution in [2.45, 2.75) is 10.6 Å². The van der Waals surface area contributed by atoms with Crippen LogP contribution in [0.2, 0.25) is 5.02 Å². The molecule has 4 rings (SSSR count). The zero-order chi connectivity index (χ0) is 20.4. The van der Waals surface area contributed by atoms with Crippen LogP contribution >= 0.6 is 34.7 Å². The van der Waals surface area contributed by atoms with Crippen molar-refractivity contribution in [3.05, 3.63) is 88.4 Å². The standard InChI is InChI=1S/C21H13ClF2N2OS2/c22-14-5-7-16(8-6-14)28-11-12-1-3-13(4-2-12)20(27)26-21-25-19-17(24)9-15(23)10-18(19)29-21/h1-10H,11H2,(H,25,26,27). The fraction of sp³-hybridized carbons (Fsp3) is 0.0476. The van der Waals surface area contributed by atoms with E-state index in [9.17, 15) is 13.6 Å². The highest BCUT2D eigenvalue weighted by molar-refractivity contribution is 7.98. The van der Waals surface area contributed by atoms with Crippen LogP contribution in [0.5, 0.6) is 0 Å². The largest absolute Gasteiger partial charge is 0.298 e. The van der Waals surface area contributed by atoms with E-state index in [-0.39, 0.29) is 16.6 Å². The summed E-state index contributed by atoms with van der Waals surface area (Å²) in [6.45, 7) is 0. The summed E-state index contributed by atoms with van der Waals surface area (Å²) < 4.78 is 27.4. The van der Waals surface area contributed by atoms with E-state index in [2.05, 4.69) is 10.3 Å². The number of fused-ring (bicyclic) bond motifs is 1. The highest BCUT2D eigenvalue weighted by Crippen LogP contribution is 2.29. The number of carbonyl (C=O) groups excluding carboxylic acids is 1. The van der Waals surface area contributed by atoms with Gasteiger partial charge in [-0.05, 0) is 48.0 Å². The van der Waals surface area contributed by atoms with E-state index in [1.54, 1.807) is 23.9 Å². The topological polar surface area (TPSA) is 42.0 Å². The summed E-state index contributed by atoms with van der Waals surface area (Å²) in [5.41, 5.74) is 1.57. The Bertz CT molecular complexity index is 1180. The van der Waals surface area contributed by atoms with Gasteiger partial charge in [-0.2, -0.15) is 0 Å². The molecule has 146 valence electrons. The van der Waals surface area contributed by atoms with Crippen LogP contribution < -0.4 is 5.32 Å². The number of nitrogens with zero attached hydrogens (tertiary/aromatic N) is 1. The molecule has 3 aromatic carbocycles. The molecule has 1 amide bonds. The summed E-state index contributed by atoms with van der Waals surface area (Å²) in [6, 6.07) is 16.8. The van der Waals surface area contributed by atoms with Crippen molar-refractivity contribution in [1.29, 1.82) is 0 Å². The average Bonchev–Trinajstić information content (AvgIpc) is 3.10. The lowest BCUT2D eigenvalue weighted by molar-refractivity contribution is 0.102. The van der Waals surface area contributed by atoms with E-state index in [1.807, 2.05) is 36.4 Å². The van der Waals surface area contributed by atoms with E-state index < -0.39 is 11.6 Å². The van der Waals surface area contributed by atoms with Crippen molar-refractivity contribution >= 4 is 56.0 Å². The molecule has 1 N–H and O–H groups in total. The number of rotatable bonds is 5. The Morgan fingerprint density at radius 3 is 2.52 bits per heavy atom. The monoisotopic (exact) mass is 446 g/mol. The van der Waals surface area contributed by atoms with Crippen molar-refractivity contribution in [2.75, 3.05) is 5.32 Å². The third-order valence-electron chi connectivity index (χ3n) is 4.07. The number of anilines is 1. The predicted molar refractivity (Wildman–Crippen MR) is 115 cm³/mol. The summed E-state index contributed by atoms with van der Waals surface area (Å²) in [6.07, 6.45) is 0. The van der Waals surface area contributed by atoms with Crippen molar-refractivity contribution in [3.8, 4) is 0 Å². The number of thioether (sulfide) groups is 1. The summed E-state index contributed by atoms with van der Waals surface area (Å²) in [4.78, 5) is 17.6. The molecule has 3 nitrogen and oxygen atoms in total. The van der Waals surface area contributed by atoms with Crippen LogP contribution in [0.4, 0.5) is 13.9 Å². The van der Waals surface area contributed by atoms with E-state index >= 15 is 0 Å². The van der Waals surface area contributed by atoms with Crippen molar-refractivity contribution < 1.29 is 13.6 Å². The Morgan fingerprint density at radius 2 is 1.79 bits per heavy atom. The second-order valence-corrected chi connectivity index (χ2v) is 8.66. The number of hydrogen-bond acceptors (Lipinski definition) is 4. The Kier molecular flexibility index (Phi) is 5.80. The number of nitrogens with one attached hydrogen (secondary N) is 1. The summed E-state index contributed by atoms with van der Waals surface area (Å²) in [5.74, 6) is -1.03. The number of carbonyl (C=O) groups is 1. The molecule has 0 bridgehead atoms. The fourth-order valence-corrected chi connectivity index (χ4v) is 4.51. The highest BCUT2D eigenvalue weighted by Gasteiger charge is 2.13. The maximum absolute atomic E-state index is 13.8. The molecular weight excluding hydrogens is 434 g/mol. The first-order valence-electron chi connectivity index (χ1n) is 8.52. The quantitative estimate of drug-likeness (QED) is 0.344. The second-order valence-electron chi connectivity index (χ2n) is 6.15. The van der Waals surface area contributed by atoms with Gasteiger partial charge in [0.05, 0.1) is 4.70 Å². The minimum absolute atomic E-state index is 0.0428. The maximum atomic E-state index is 13.8. The predicted octanol–water partition coefficient (Wildman–Crippen LogP) is 6.77. The molecule has 0 fully saturated rings. The van der Waals surface area contributed by atoms with Crippen LogP contribution in [-0.4, -0.2) is 10.9 Å². The molecule has 0 spiro atoms. The Morgan fingerprint density at radius 1 is 1.07 bits per heavy atom. The zero-order valence-electron chi connectivity index (χ0n) is 14.8. The Labute approximate surface area is 178 Å². The second kappa shape index (κ2) is 8.49. The molecule has 0 radical (unpaired) electrons. The highest BCUT2D eigenvalue weighted by atomic mass is 35.5. The first kappa shape index (κ1) is 19.8. The molecule has 1 aromatic heterocycles. The molecule has 0 saturated carbocycles. The molecule has 4 aromatic rings. The van der Waals surface area contributed by atoms with Crippen molar-refractivity contribution in [2.24, 2.45) is 0 Å². The molecule has 29 heavy (non-hydrogen) atoms. The van der Waals surface area contributed by atoms with Gasteiger partial charge in [0, 0.05) is 27.3 Å². The lowest BCUT2D eigenvalue weighted by Gasteiger charge is -2.05. The van der Waals surface area contributed by atoms with Crippen LogP contribution in [0, 0.1) is 11.6 Å². The lowest BCUT2D eigenvalue weighted by Crippen LogP contribution is -2.11. The number of halogens is 3. The maximum Gasteiger partial charge on any atom is 0.257 e. The molecule has 0 aliphatic rings. The van der Waals surface area contributed by atoms with Crippen LogP contribution in [0.25, 0.3) is 10.2 Å². The first-order valence-corrected chi connectivity index (χ1v) is 10.7. The zero-order valence-corrected chi connectivity index (χ0v) is 17.2. The molecule has 1 heterocycles. The number of thiazole rings is 1. The Balaban J connectivity index is 1.41.